The van der Waals surface area contributed by atoms with Crippen LogP contribution < -0.4 is 0 Å². The highest BCUT2D eigenvalue weighted by Crippen LogP contribution is 2.53. The molecule has 30 rings (SSSR count). The summed E-state index contributed by atoms with van der Waals surface area (Å²) >= 11 is 0. The Morgan fingerprint density at radius 3 is 0.716 bits per heavy atom. The van der Waals surface area contributed by atoms with E-state index in [-0.39, 0.29) is 0 Å². The Labute approximate surface area is 812 Å². The van der Waals surface area contributed by atoms with E-state index in [9.17, 15) is 0 Å². The Hall–Kier alpha value is -18.5. The first kappa shape index (κ1) is 80.9. The van der Waals surface area contributed by atoms with Gasteiger partial charge in [-0.1, -0.05) is 443 Å². The van der Waals surface area contributed by atoms with Gasteiger partial charge in [0.2, 0.25) is 0 Å². The van der Waals surface area contributed by atoms with E-state index < -0.39 is 0 Å². The largest absolute Gasteiger partial charge is 0.455 e. The summed E-state index contributed by atoms with van der Waals surface area (Å²) in [5.74, 6) is 0. The molecular formula is C138H84O3. The number of hydrogen-bond acceptors (Lipinski definition) is 3. The van der Waals surface area contributed by atoms with Crippen LogP contribution in [-0.4, -0.2) is 0 Å². The molecule has 0 unspecified atom stereocenters. The predicted octanol–water partition coefficient (Wildman–Crippen LogP) is 39.6. The second-order valence-corrected chi connectivity index (χ2v) is 37.3. The molecule has 3 heteroatoms. The third-order valence-corrected chi connectivity index (χ3v) is 29.5. The van der Waals surface area contributed by atoms with Crippen molar-refractivity contribution >= 4 is 195 Å². The molecule has 0 aliphatic rings. The van der Waals surface area contributed by atoms with Crippen molar-refractivity contribution < 1.29 is 13.3 Å². The van der Waals surface area contributed by atoms with Crippen molar-refractivity contribution in [3.05, 3.63) is 510 Å². The van der Waals surface area contributed by atoms with E-state index in [0.29, 0.717) is 0 Å². The van der Waals surface area contributed by atoms with E-state index in [0.717, 1.165) is 82.0 Å². The first-order valence-corrected chi connectivity index (χ1v) is 48.5. The molecule has 0 saturated heterocycles. The maximum absolute atomic E-state index is 6.49. The van der Waals surface area contributed by atoms with Gasteiger partial charge in [0.15, 0.2) is 0 Å². The van der Waals surface area contributed by atoms with Crippen LogP contribution in [0.1, 0.15) is 0 Å². The summed E-state index contributed by atoms with van der Waals surface area (Å²) in [6.45, 7) is 0. The second-order valence-electron chi connectivity index (χ2n) is 37.3. The maximum atomic E-state index is 6.49. The molecule has 0 aliphatic carbocycles. The minimum Gasteiger partial charge on any atom is -0.455 e. The smallest absolute Gasteiger partial charge is 0.143 e. The zero-order valence-corrected chi connectivity index (χ0v) is 76.7. The number of rotatable bonds is 9. The second kappa shape index (κ2) is 33.2. The SMILES string of the molecule is c1cc(-c2cccc3ccccc23)cc(-c2c3ccccc3c(-c3ccc4oc5c6ccccc6ccc5c4c3)c3ccccc23)c1.c1ccc(-c2c3ccccc3c(-c3ccc4oc5c6ccccc6ccc5c4c3)c3ccccc23)c(-c2ccc3ccccc3c2)c1.c1ccc2c(-c3ccc(-c4c5ccccc5c(-c5ccc6oc7c8ccccc8ccc7c6c5)c5ccccc45)cc3)cccc2c1. The van der Waals surface area contributed by atoms with Crippen LogP contribution in [-0.2, 0) is 0 Å². The molecule has 0 atom stereocenters. The molecule has 0 N–H and O–H groups in total. The molecule has 3 nitrogen and oxygen atoms in total. The first-order chi connectivity index (χ1) is 69.9. The fourth-order valence-corrected chi connectivity index (χ4v) is 23.1. The van der Waals surface area contributed by atoms with E-state index in [1.54, 1.807) is 0 Å². The third-order valence-electron chi connectivity index (χ3n) is 29.5. The van der Waals surface area contributed by atoms with Crippen LogP contribution >= 0.6 is 0 Å². The van der Waals surface area contributed by atoms with Gasteiger partial charge in [-0.2, -0.15) is 0 Å². The van der Waals surface area contributed by atoms with Crippen molar-refractivity contribution in [3.8, 4) is 100 Å². The zero-order chi connectivity index (χ0) is 92.7. The van der Waals surface area contributed by atoms with Crippen LogP contribution in [0.15, 0.2) is 523 Å². The van der Waals surface area contributed by atoms with Crippen molar-refractivity contribution in [1.82, 2.24) is 0 Å². The molecule has 0 spiro atoms. The molecule has 3 aromatic heterocycles. The Morgan fingerprint density at radius 2 is 0.333 bits per heavy atom. The summed E-state index contributed by atoms with van der Waals surface area (Å²) in [4.78, 5) is 0. The lowest BCUT2D eigenvalue weighted by Gasteiger charge is -2.20. The zero-order valence-electron chi connectivity index (χ0n) is 76.7. The molecule has 30 aromatic rings. The van der Waals surface area contributed by atoms with Crippen LogP contribution in [0.3, 0.4) is 0 Å². The van der Waals surface area contributed by atoms with Crippen LogP contribution in [0.5, 0.6) is 0 Å². The minimum absolute atomic E-state index is 0.912. The van der Waals surface area contributed by atoms with Crippen LogP contribution in [0.4, 0.5) is 0 Å². The van der Waals surface area contributed by atoms with E-state index in [2.05, 4.69) is 510 Å². The predicted molar refractivity (Wildman–Crippen MR) is 600 cm³/mol. The summed E-state index contributed by atoms with van der Waals surface area (Å²) in [5.41, 5.74) is 27.8. The average Bonchev–Trinajstić information content (AvgIpc) is 1.44. The van der Waals surface area contributed by atoms with Crippen LogP contribution in [0.25, 0.3) is 295 Å². The summed E-state index contributed by atoms with van der Waals surface area (Å²) in [6.07, 6.45) is 0. The van der Waals surface area contributed by atoms with Gasteiger partial charge in [0.25, 0.3) is 0 Å². The van der Waals surface area contributed by atoms with Gasteiger partial charge >= 0.3 is 0 Å². The Balaban J connectivity index is 0.000000104. The summed E-state index contributed by atoms with van der Waals surface area (Å²) < 4.78 is 19.4. The molecule has 654 valence electrons. The Morgan fingerprint density at radius 1 is 0.0993 bits per heavy atom. The van der Waals surface area contributed by atoms with Gasteiger partial charge in [-0.15, -0.1) is 0 Å². The Bertz CT molecular complexity index is 10200. The highest BCUT2D eigenvalue weighted by molar-refractivity contribution is 6.28. The van der Waals surface area contributed by atoms with Gasteiger partial charge in [-0.25, -0.2) is 0 Å². The lowest BCUT2D eigenvalue weighted by Crippen LogP contribution is -1.92. The number of furan rings is 3. The lowest BCUT2D eigenvalue weighted by atomic mass is 9.83. The molecule has 0 bridgehead atoms. The monoisotopic (exact) mass is 1790 g/mol. The van der Waals surface area contributed by atoms with E-state index in [1.807, 2.05) is 0 Å². The molecule has 27 aromatic carbocycles. The van der Waals surface area contributed by atoms with E-state index in [1.165, 1.54) is 213 Å². The number of benzene rings is 27. The van der Waals surface area contributed by atoms with Gasteiger partial charge in [0.1, 0.15) is 33.5 Å². The van der Waals surface area contributed by atoms with Crippen molar-refractivity contribution in [3.63, 3.8) is 0 Å². The Kier molecular flexibility index (Phi) is 19.0. The third kappa shape index (κ3) is 13.4. The van der Waals surface area contributed by atoms with Gasteiger partial charge in [0.05, 0.1) is 0 Å². The molecule has 0 aliphatic heterocycles. The molecule has 0 amide bonds. The highest BCUT2D eigenvalue weighted by Gasteiger charge is 2.26. The van der Waals surface area contributed by atoms with Gasteiger partial charge in [-0.05, 0) is 280 Å². The van der Waals surface area contributed by atoms with Gasteiger partial charge in [0, 0.05) is 48.5 Å². The van der Waals surface area contributed by atoms with Crippen LogP contribution in [0.2, 0.25) is 0 Å². The van der Waals surface area contributed by atoms with E-state index >= 15 is 0 Å². The summed E-state index contributed by atoms with van der Waals surface area (Å²) in [6, 6.07) is 185. The minimum atomic E-state index is 0.912. The first-order valence-electron chi connectivity index (χ1n) is 48.5. The molecule has 0 fully saturated rings. The van der Waals surface area contributed by atoms with Crippen molar-refractivity contribution in [1.29, 1.82) is 0 Å². The standard InChI is InChI=1S/3C46H28O/c1-3-16-34-29(11-1)13-10-22-35(34)31-14-9-15-32(27-31)44-37-18-5-7-20-39(37)45(40-21-8-6-19-38(40)44)33-24-26-43-42(28-33)41-25-23-30-12-2-4-17-36(30)46(41)47-43;1-3-13-34-29(10-1)12-9-19-35(34)31-20-22-32(23-21-31)44-37-15-5-7-17-39(37)45(40-18-8-6-16-38(40)44)33-25-27-43-42(28-33)41-26-24-30-11-2-4-14-36(30)46(41)47-43;1-2-13-31-27-32(22-21-29(31)11-1)34-14-5-6-16-36(34)45-39-19-9-7-17-37(39)44(38-18-8-10-20-40(38)45)33-24-26-43-42(28-33)41-25-23-30-12-3-4-15-35(30)46(41)47-43/h3*1-28H. The van der Waals surface area contributed by atoms with Gasteiger partial charge < -0.3 is 13.3 Å². The molecule has 3 heterocycles. The van der Waals surface area contributed by atoms with Gasteiger partial charge in [-0.3, -0.25) is 0 Å². The highest BCUT2D eigenvalue weighted by atomic mass is 16.3. The summed E-state index contributed by atoms with van der Waals surface area (Å²) in [5, 5.41) is 36.4. The fourth-order valence-electron chi connectivity index (χ4n) is 23.1. The topological polar surface area (TPSA) is 39.4 Å². The molecule has 141 heavy (non-hydrogen) atoms. The molecular weight excluding hydrogens is 1710 g/mol. The lowest BCUT2D eigenvalue weighted by molar-refractivity contribution is 0.672. The van der Waals surface area contributed by atoms with Crippen LogP contribution in [0, 0.1) is 0 Å². The number of fused-ring (bicyclic) bond motifs is 24. The fraction of sp³-hybridized carbons (Fsp3) is 0. The maximum Gasteiger partial charge on any atom is 0.143 e. The quantitative estimate of drug-likeness (QED) is 0.135. The average molecular weight is 1790 g/mol. The van der Waals surface area contributed by atoms with Crippen molar-refractivity contribution in [2.45, 2.75) is 0 Å². The molecule has 0 radical (unpaired) electrons. The molecule has 0 saturated carbocycles. The number of hydrogen-bond donors (Lipinski definition) is 0. The normalized spacial score (nSPS) is 11.8. The van der Waals surface area contributed by atoms with Crippen molar-refractivity contribution in [2.24, 2.45) is 0 Å². The van der Waals surface area contributed by atoms with E-state index in [4.69, 9.17) is 13.3 Å². The van der Waals surface area contributed by atoms with Crippen molar-refractivity contribution in [2.75, 3.05) is 0 Å². The summed E-state index contributed by atoms with van der Waals surface area (Å²) in [7, 11) is 0.